The second-order valence-corrected chi connectivity index (χ2v) is 17.2. The second-order valence-electron chi connectivity index (χ2n) is 17.2. The van der Waals surface area contributed by atoms with Crippen LogP contribution in [-0.4, -0.2) is 4.57 Å². The van der Waals surface area contributed by atoms with Gasteiger partial charge < -0.3 is 14.2 Å². The Morgan fingerprint density at radius 1 is 0.344 bits per heavy atom. The van der Waals surface area contributed by atoms with Gasteiger partial charge in [-0.15, -0.1) is 0 Å². The van der Waals surface area contributed by atoms with Crippen molar-refractivity contribution in [1.29, 1.82) is 0 Å². The van der Waals surface area contributed by atoms with Crippen molar-refractivity contribution in [3.63, 3.8) is 0 Å². The molecule has 64 heavy (non-hydrogen) atoms. The molecule has 1 aromatic heterocycles. The molecule has 0 saturated carbocycles. The minimum absolute atomic E-state index is 0.661. The molecule has 2 aliphatic rings. The molecular weight excluding hydrogens is 777 g/mol. The molecule has 0 bridgehead atoms. The van der Waals surface area contributed by atoms with Gasteiger partial charge in [0.2, 0.25) is 0 Å². The lowest BCUT2D eigenvalue weighted by molar-refractivity contribution is 0.435. The zero-order valence-electron chi connectivity index (χ0n) is 34.7. The largest absolute Gasteiger partial charge is 0.457 e. The van der Waals surface area contributed by atoms with E-state index in [9.17, 15) is 0 Å². The molecule has 0 N–H and O–H groups in total. The van der Waals surface area contributed by atoms with Crippen molar-refractivity contribution in [1.82, 2.24) is 4.57 Å². The van der Waals surface area contributed by atoms with Gasteiger partial charge in [-0.2, -0.15) is 0 Å². The maximum Gasteiger partial charge on any atom is 0.132 e. The fraction of sp³-hybridized carbons (Fsp3) is 0.0164. The first-order chi connectivity index (χ1) is 31.7. The Bertz CT molecular complexity index is 3910. The van der Waals surface area contributed by atoms with Gasteiger partial charge >= 0.3 is 0 Å². The van der Waals surface area contributed by atoms with E-state index < -0.39 is 5.41 Å². The maximum atomic E-state index is 6.97. The van der Waals surface area contributed by atoms with Crippen molar-refractivity contribution in [2.75, 3.05) is 4.90 Å². The van der Waals surface area contributed by atoms with Crippen LogP contribution in [0.5, 0.6) is 11.5 Å². The Hall–Kier alpha value is -8.40. The molecule has 1 unspecified atom stereocenters. The van der Waals surface area contributed by atoms with Crippen LogP contribution in [0.2, 0.25) is 0 Å². The van der Waals surface area contributed by atoms with Crippen molar-refractivity contribution in [2.24, 2.45) is 0 Å². The summed E-state index contributed by atoms with van der Waals surface area (Å²) < 4.78 is 9.41. The monoisotopic (exact) mass is 814 g/mol. The van der Waals surface area contributed by atoms with E-state index in [0.29, 0.717) is 0 Å². The van der Waals surface area contributed by atoms with Crippen LogP contribution in [0, 0.1) is 0 Å². The highest BCUT2D eigenvalue weighted by Crippen LogP contribution is 2.62. The fourth-order valence-corrected chi connectivity index (χ4v) is 11.3. The number of benzene rings is 11. The minimum atomic E-state index is -0.661. The Morgan fingerprint density at radius 3 is 1.80 bits per heavy atom. The van der Waals surface area contributed by atoms with Crippen LogP contribution in [0.15, 0.2) is 231 Å². The normalized spacial score (nSPS) is 14.8. The molecule has 3 nitrogen and oxygen atoms in total. The molecule has 0 saturated heterocycles. The number of hydrogen-bond donors (Lipinski definition) is 0. The number of aromatic nitrogens is 1. The molecule has 12 aromatic rings. The zero-order chi connectivity index (χ0) is 41.9. The Labute approximate surface area is 370 Å². The van der Waals surface area contributed by atoms with E-state index in [1.54, 1.807) is 0 Å². The highest BCUT2D eigenvalue weighted by Gasteiger charge is 2.49. The standard InChI is InChI=1S/C61H38N2O/c1-3-15-42-35-44(29-27-39(42)13-1)62(47-31-33-50-49-20-6-9-25-56(49)63(57(50)38-47)45-30-28-40-14-2-4-16-43(40)36-45)46-32-34-59-55(37-46)61(53-23-8-10-26-58(53)64-59)52-22-7-5-19-48(52)51-21-11-17-41-18-12-24-54(61)60(41)51/h1-38H. The molecule has 1 aliphatic carbocycles. The summed E-state index contributed by atoms with van der Waals surface area (Å²) in [6.07, 6.45) is 0. The minimum Gasteiger partial charge on any atom is -0.457 e. The predicted molar refractivity (Wildman–Crippen MR) is 265 cm³/mol. The van der Waals surface area contributed by atoms with Crippen molar-refractivity contribution in [3.8, 4) is 28.3 Å². The van der Waals surface area contributed by atoms with E-state index >= 15 is 0 Å². The van der Waals surface area contributed by atoms with E-state index in [1.807, 2.05) is 0 Å². The van der Waals surface area contributed by atoms with E-state index in [2.05, 4.69) is 240 Å². The van der Waals surface area contributed by atoms with E-state index in [1.165, 1.54) is 70.9 Å². The summed E-state index contributed by atoms with van der Waals surface area (Å²) >= 11 is 0. The Kier molecular flexibility index (Phi) is 7.32. The summed E-state index contributed by atoms with van der Waals surface area (Å²) in [6.45, 7) is 0. The number of anilines is 3. The third-order valence-electron chi connectivity index (χ3n) is 14.0. The zero-order valence-corrected chi connectivity index (χ0v) is 34.7. The number of rotatable bonds is 4. The van der Waals surface area contributed by atoms with Gasteiger partial charge in [0.15, 0.2) is 0 Å². The lowest BCUT2D eigenvalue weighted by Gasteiger charge is -2.45. The van der Waals surface area contributed by atoms with Crippen LogP contribution in [0.1, 0.15) is 22.3 Å². The topological polar surface area (TPSA) is 17.4 Å². The SMILES string of the molecule is c1ccc2c(c1)Oc1ccc(N(c3ccc4ccccc4c3)c3ccc4c5ccccc5n(-c5ccc6ccccc6c5)c4c3)cc1C21c2ccccc2-c2cccc3cccc1c23. The number of fused-ring (bicyclic) bond motifs is 13. The molecule has 3 heteroatoms. The first-order valence-corrected chi connectivity index (χ1v) is 22.1. The highest BCUT2D eigenvalue weighted by molar-refractivity contribution is 6.11. The molecule has 0 fully saturated rings. The molecule has 0 amide bonds. The predicted octanol–water partition coefficient (Wildman–Crippen LogP) is 16.2. The summed E-state index contributed by atoms with van der Waals surface area (Å²) in [5.74, 6) is 1.74. The number of hydrogen-bond acceptors (Lipinski definition) is 2. The van der Waals surface area contributed by atoms with Gasteiger partial charge in [0.25, 0.3) is 0 Å². The van der Waals surface area contributed by atoms with Crippen LogP contribution >= 0.6 is 0 Å². The van der Waals surface area contributed by atoms with Gasteiger partial charge in [-0.1, -0.05) is 164 Å². The maximum absolute atomic E-state index is 6.97. The Morgan fingerprint density at radius 2 is 0.922 bits per heavy atom. The van der Waals surface area contributed by atoms with Gasteiger partial charge in [0, 0.05) is 44.6 Å². The smallest absolute Gasteiger partial charge is 0.132 e. The van der Waals surface area contributed by atoms with Crippen LogP contribution < -0.4 is 9.64 Å². The molecule has 0 radical (unpaired) electrons. The van der Waals surface area contributed by atoms with Crippen molar-refractivity contribution >= 4 is 71.2 Å². The van der Waals surface area contributed by atoms with Crippen molar-refractivity contribution in [3.05, 3.63) is 253 Å². The average molecular weight is 815 g/mol. The quantitative estimate of drug-likeness (QED) is 0.176. The van der Waals surface area contributed by atoms with Gasteiger partial charge in [-0.25, -0.2) is 0 Å². The summed E-state index contributed by atoms with van der Waals surface area (Å²) in [5, 5.41) is 9.80. The number of para-hydroxylation sites is 2. The third-order valence-corrected chi connectivity index (χ3v) is 14.0. The molecule has 2 heterocycles. The van der Waals surface area contributed by atoms with Crippen molar-refractivity contribution in [2.45, 2.75) is 5.41 Å². The van der Waals surface area contributed by atoms with Crippen LogP contribution in [0.3, 0.4) is 0 Å². The lowest BCUT2D eigenvalue weighted by Crippen LogP contribution is -2.36. The fourth-order valence-electron chi connectivity index (χ4n) is 11.3. The first-order valence-electron chi connectivity index (χ1n) is 22.1. The number of ether oxygens (including phenoxy) is 1. The summed E-state index contributed by atoms with van der Waals surface area (Å²) in [4.78, 5) is 2.44. The van der Waals surface area contributed by atoms with E-state index in [0.717, 1.165) is 50.9 Å². The molecular formula is C61H38N2O. The summed E-state index contributed by atoms with van der Waals surface area (Å²) in [6, 6.07) is 84.7. The Balaban J connectivity index is 1.06. The van der Waals surface area contributed by atoms with Crippen molar-refractivity contribution < 1.29 is 4.74 Å². The third kappa shape index (κ3) is 4.86. The van der Waals surface area contributed by atoms with E-state index in [4.69, 9.17) is 4.74 Å². The molecule has 14 rings (SSSR count). The van der Waals surface area contributed by atoms with Gasteiger partial charge in [-0.05, 0) is 121 Å². The van der Waals surface area contributed by atoms with E-state index in [-0.39, 0.29) is 0 Å². The molecule has 1 atom stereocenters. The molecule has 298 valence electrons. The lowest BCUT2D eigenvalue weighted by atomic mass is 9.58. The number of nitrogens with zero attached hydrogens (tertiary/aromatic N) is 2. The van der Waals surface area contributed by atoms with Gasteiger partial charge in [0.05, 0.1) is 16.4 Å². The second kappa shape index (κ2) is 13.3. The molecule has 1 spiro atoms. The first kappa shape index (κ1) is 35.2. The van der Waals surface area contributed by atoms with Crippen LogP contribution in [0.4, 0.5) is 17.1 Å². The average Bonchev–Trinajstić information content (AvgIpc) is 3.69. The van der Waals surface area contributed by atoms with Gasteiger partial charge in [0.1, 0.15) is 11.5 Å². The molecule has 11 aromatic carbocycles. The summed E-state index contributed by atoms with van der Waals surface area (Å²) in [5.41, 5.74) is 13.3. The van der Waals surface area contributed by atoms with Crippen LogP contribution in [0.25, 0.3) is 70.9 Å². The van der Waals surface area contributed by atoms with Crippen LogP contribution in [-0.2, 0) is 5.41 Å². The summed E-state index contributed by atoms with van der Waals surface area (Å²) in [7, 11) is 0. The molecule has 1 aliphatic heterocycles. The highest BCUT2D eigenvalue weighted by atomic mass is 16.5. The van der Waals surface area contributed by atoms with Gasteiger partial charge in [-0.3, -0.25) is 0 Å².